The van der Waals surface area contributed by atoms with Gasteiger partial charge in [0, 0.05) is 12.6 Å². The molecule has 0 spiro atoms. The van der Waals surface area contributed by atoms with Gasteiger partial charge in [-0.3, -0.25) is 9.89 Å². The molecule has 27 heavy (non-hydrogen) atoms. The van der Waals surface area contributed by atoms with E-state index in [0.29, 0.717) is 5.69 Å². The molecule has 1 atom stereocenters. The number of aromatic nitrogens is 2. The SMILES string of the molecule is CCCCCN(CCCCC)CC(C)NC(=O)c1cc(-c2cccs2)[nH]n1. The van der Waals surface area contributed by atoms with E-state index in [-0.39, 0.29) is 11.9 Å². The van der Waals surface area contributed by atoms with Gasteiger partial charge in [-0.05, 0) is 50.4 Å². The monoisotopic (exact) mass is 390 g/mol. The molecule has 0 bridgehead atoms. The van der Waals surface area contributed by atoms with E-state index in [1.165, 1.54) is 38.5 Å². The van der Waals surface area contributed by atoms with Crippen LogP contribution in [0.1, 0.15) is 69.8 Å². The summed E-state index contributed by atoms with van der Waals surface area (Å²) in [6, 6.07) is 5.94. The number of nitrogens with zero attached hydrogens (tertiary/aromatic N) is 2. The predicted octanol–water partition coefficient (Wildman–Crippen LogP) is 4.94. The van der Waals surface area contributed by atoms with E-state index in [1.807, 2.05) is 23.6 Å². The summed E-state index contributed by atoms with van der Waals surface area (Å²) in [7, 11) is 0. The van der Waals surface area contributed by atoms with Crippen LogP contribution in [0.4, 0.5) is 0 Å². The Morgan fingerprint density at radius 3 is 2.52 bits per heavy atom. The van der Waals surface area contributed by atoms with Crippen LogP contribution in [0.2, 0.25) is 0 Å². The van der Waals surface area contributed by atoms with Gasteiger partial charge in [0.25, 0.3) is 5.91 Å². The number of H-pyrrole nitrogens is 1. The Morgan fingerprint density at radius 2 is 1.93 bits per heavy atom. The molecule has 0 fully saturated rings. The second kappa shape index (κ2) is 11.9. The van der Waals surface area contributed by atoms with Crippen molar-refractivity contribution in [2.24, 2.45) is 0 Å². The zero-order chi connectivity index (χ0) is 19.5. The fourth-order valence-electron chi connectivity index (χ4n) is 3.19. The van der Waals surface area contributed by atoms with Gasteiger partial charge >= 0.3 is 0 Å². The first-order valence-electron chi connectivity index (χ1n) is 10.3. The van der Waals surface area contributed by atoms with Gasteiger partial charge in [-0.2, -0.15) is 5.10 Å². The minimum Gasteiger partial charge on any atom is -0.347 e. The molecule has 2 heterocycles. The zero-order valence-electron chi connectivity index (χ0n) is 17.0. The maximum absolute atomic E-state index is 12.5. The molecule has 2 aromatic heterocycles. The highest BCUT2D eigenvalue weighted by atomic mass is 32.1. The molecule has 2 N–H and O–H groups in total. The standard InChI is InChI=1S/C21H34N4OS/c1-4-6-8-12-25(13-9-7-5-2)16-17(3)22-21(26)19-15-18(23-24-19)20-11-10-14-27-20/h10-11,14-15,17H,4-9,12-13,16H2,1-3H3,(H,22,26)(H,23,24). The molecule has 0 aliphatic rings. The molecule has 0 aliphatic heterocycles. The van der Waals surface area contributed by atoms with E-state index in [0.717, 1.165) is 30.2 Å². The minimum absolute atomic E-state index is 0.0997. The number of thiophene rings is 1. The smallest absolute Gasteiger partial charge is 0.272 e. The summed E-state index contributed by atoms with van der Waals surface area (Å²) in [6.45, 7) is 9.67. The Labute approximate surface area is 167 Å². The van der Waals surface area contributed by atoms with Crippen LogP contribution in [0.25, 0.3) is 10.6 Å². The highest BCUT2D eigenvalue weighted by Gasteiger charge is 2.16. The normalized spacial score (nSPS) is 12.4. The molecule has 6 heteroatoms. The van der Waals surface area contributed by atoms with Crippen molar-refractivity contribution in [1.82, 2.24) is 20.4 Å². The van der Waals surface area contributed by atoms with E-state index in [4.69, 9.17) is 0 Å². The van der Waals surface area contributed by atoms with Crippen molar-refractivity contribution < 1.29 is 4.79 Å². The van der Waals surface area contributed by atoms with E-state index in [2.05, 4.69) is 41.2 Å². The van der Waals surface area contributed by atoms with Crippen molar-refractivity contribution in [3.05, 3.63) is 29.3 Å². The van der Waals surface area contributed by atoms with Gasteiger partial charge in [0.15, 0.2) is 5.69 Å². The number of hydrogen-bond donors (Lipinski definition) is 2. The fourth-order valence-corrected chi connectivity index (χ4v) is 3.88. The van der Waals surface area contributed by atoms with Crippen molar-refractivity contribution in [2.45, 2.75) is 65.3 Å². The molecule has 0 aromatic carbocycles. The van der Waals surface area contributed by atoms with Crippen molar-refractivity contribution in [3.63, 3.8) is 0 Å². The number of aromatic amines is 1. The summed E-state index contributed by atoms with van der Waals surface area (Å²) in [4.78, 5) is 16.1. The lowest BCUT2D eigenvalue weighted by Crippen LogP contribution is -2.42. The van der Waals surface area contributed by atoms with Gasteiger partial charge in [0.2, 0.25) is 0 Å². The summed E-state index contributed by atoms with van der Waals surface area (Å²) < 4.78 is 0. The lowest BCUT2D eigenvalue weighted by molar-refractivity contribution is 0.0923. The Balaban J connectivity index is 1.85. The minimum atomic E-state index is -0.108. The fraction of sp³-hybridized carbons (Fsp3) is 0.619. The van der Waals surface area contributed by atoms with Crippen LogP contribution in [-0.2, 0) is 0 Å². The lowest BCUT2D eigenvalue weighted by Gasteiger charge is -2.26. The largest absolute Gasteiger partial charge is 0.347 e. The van der Waals surface area contributed by atoms with Gasteiger partial charge in [-0.1, -0.05) is 45.6 Å². The first-order chi connectivity index (χ1) is 13.1. The Bertz CT molecular complexity index is 643. The molecule has 0 saturated carbocycles. The summed E-state index contributed by atoms with van der Waals surface area (Å²) in [6.07, 6.45) is 7.47. The van der Waals surface area contributed by atoms with Crippen LogP contribution in [-0.4, -0.2) is 46.7 Å². The number of unbranched alkanes of at least 4 members (excludes halogenated alkanes) is 4. The second-order valence-corrected chi connectivity index (χ2v) is 8.18. The van der Waals surface area contributed by atoms with E-state index in [1.54, 1.807) is 11.3 Å². The van der Waals surface area contributed by atoms with Crippen molar-refractivity contribution in [2.75, 3.05) is 19.6 Å². The molecule has 0 saturated heterocycles. The van der Waals surface area contributed by atoms with Gasteiger partial charge in [-0.15, -0.1) is 11.3 Å². The van der Waals surface area contributed by atoms with E-state index in [9.17, 15) is 4.79 Å². The third-order valence-electron chi connectivity index (χ3n) is 4.66. The molecule has 2 rings (SSSR count). The Morgan fingerprint density at radius 1 is 1.22 bits per heavy atom. The number of carbonyl (C=O) groups excluding carboxylic acids is 1. The van der Waals surface area contributed by atoms with Crippen molar-refractivity contribution in [3.8, 4) is 10.6 Å². The average Bonchev–Trinajstić information content (AvgIpc) is 3.33. The molecular formula is C21H34N4OS. The van der Waals surface area contributed by atoms with Crippen LogP contribution >= 0.6 is 11.3 Å². The van der Waals surface area contributed by atoms with Crippen LogP contribution in [0.5, 0.6) is 0 Å². The summed E-state index contributed by atoms with van der Waals surface area (Å²) in [5.74, 6) is -0.108. The Kier molecular flexibility index (Phi) is 9.56. The molecule has 1 amide bonds. The average molecular weight is 391 g/mol. The summed E-state index contributed by atoms with van der Waals surface area (Å²) >= 11 is 1.63. The van der Waals surface area contributed by atoms with Crippen molar-refractivity contribution >= 4 is 17.2 Å². The van der Waals surface area contributed by atoms with Gasteiger partial charge in [-0.25, -0.2) is 0 Å². The highest BCUT2D eigenvalue weighted by molar-refractivity contribution is 7.13. The maximum atomic E-state index is 12.5. The number of nitrogens with one attached hydrogen (secondary N) is 2. The first-order valence-corrected chi connectivity index (χ1v) is 11.1. The third kappa shape index (κ3) is 7.46. The highest BCUT2D eigenvalue weighted by Crippen LogP contribution is 2.22. The number of amides is 1. The van der Waals surface area contributed by atoms with Crippen LogP contribution < -0.4 is 5.32 Å². The molecule has 150 valence electrons. The van der Waals surface area contributed by atoms with Crippen LogP contribution in [0.15, 0.2) is 23.6 Å². The molecule has 1 unspecified atom stereocenters. The van der Waals surface area contributed by atoms with Crippen LogP contribution in [0.3, 0.4) is 0 Å². The van der Waals surface area contributed by atoms with Crippen LogP contribution in [0, 0.1) is 0 Å². The quantitative estimate of drug-likeness (QED) is 0.476. The van der Waals surface area contributed by atoms with Gasteiger partial charge in [0.05, 0.1) is 10.6 Å². The molecule has 0 aliphatic carbocycles. The van der Waals surface area contributed by atoms with Crippen molar-refractivity contribution in [1.29, 1.82) is 0 Å². The topological polar surface area (TPSA) is 61.0 Å². The maximum Gasteiger partial charge on any atom is 0.272 e. The van der Waals surface area contributed by atoms with Gasteiger partial charge in [0.1, 0.15) is 0 Å². The molecule has 5 nitrogen and oxygen atoms in total. The molecule has 0 radical (unpaired) electrons. The molecular weight excluding hydrogens is 356 g/mol. The lowest BCUT2D eigenvalue weighted by atomic mass is 10.2. The Hall–Kier alpha value is -1.66. The number of hydrogen-bond acceptors (Lipinski definition) is 4. The predicted molar refractivity (Wildman–Crippen MR) is 114 cm³/mol. The van der Waals surface area contributed by atoms with Gasteiger partial charge < -0.3 is 10.2 Å². The number of carbonyl (C=O) groups is 1. The van der Waals surface area contributed by atoms with E-state index < -0.39 is 0 Å². The summed E-state index contributed by atoms with van der Waals surface area (Å²) in [5.41, 5.74) is 1.34. The second-order valence-electron chi connectivity index (χ2n) is 7.23. The zero-order valence-corrected chi connectivity index (χ0v) is 17.8. The number of rotatable bonds is 13. The third-order valence-corrected chi connectivity index (χ3v) is 5.57. The summed E-state index contributed by atoms with van der Waals surface area (Å²) in [5, 5.41) is 12.3. The first kappa shape index (κ1) is 21.6. The molecule has 2 aromatic rings. The van der Waals surface area contributed by atoms with E-state index >= 15 is 0 Å².